The summed E-state index contributed by atoms with van der Waals surface area (Å²) in [6.07, 6.45) is 1.60. The number of aliphatic hydroxyl groups excluding tert-OH is 1. The first-order chi connectivity index (χ1) is 14.7. The van der Waals surface area contributed by atoms with Gasteiger partial charge in [-0.15, -0.1) is 11.3 Å². The van der Waals surface area contributed by atoms with Crippen LogP contribution in [-0.4, -0.2) is 51.0 Å². The van der Waals surface area contributed by atoms with Gasteiger partial charge in [-0.2, -0.15) is 0 Å². The minimum atomic E-state index is -0.760. The molecule has 1 aromatic heterocycles. The van der Waals surface area contributed by atoms with Crippen molar-refractivity contribution in [3.63, 3.8) is 0 Å². The van der Waals surface area contributed by atoms with E-state index in [1.807, 2.05) is 6.92 Å². The van der Waals surface area contributed by atoms with Crippen LogP contribution in [-0.2, 0) is 9.53 Å². The van der Waals surface area contributed by atoms with E-state index in [2.05, 4.69) is 4.98 Å². The van der Waals surface area contributed by atoms with Crippen molar-refractivity contribution in [3.05, 3.63) is 55.7 Å². The maximum Gasteiger partial charge on any atom is 0.290 e. The molecule has 2 unspecified atom stereocenters. The predicted molar refractivity (Wildman–Crippen MR) is 117 cm³/mol. The van der Waals surface area contributed by atoms with E-state index in [1.54, 1.807) is 32.9 Å². The van der Waals surface area contributed by atoms with Crippen molar-refractivity contribution in [1.82, 2.24) is 9.88 Å². The molecule has 31 heavy (non-hydrogen) atoms. The van der Waals surface area contributed by atoms with Gasteiger partial charge in [0.15, 0.2) is 5.76 Å². The van der Waals surface area contributed by atoms with Crippen molar-refractivity contribution in [2.45, 2.75) is 52.7 Å². The number of nitrogens with zero attached hydrogens (tertiary/aromatic N) is 2. The highest BCUT2D eigenvalue weighted by Gasteiger charge is 2.45. The van der Waals surface area contributed by atoms with Gasteiger partial charge in [-0.3, -0.25) is 9.59 Å². The molecule has 2 aromatic rings. The first-order valence-electron chi connectivity index (χ1n) is 10.3. The van der Waals surface area contributed by atoms with E-state index >= 15 is 0 Å². The van der Waals surface area contributed by atoms with E-state index in [0.717, 1.165) is 17.8 Å². The minimum Gasteiger partial charge on any atom is -0.507 e. The first kappa shape index (κ1) is 21.5. The van der Waals surface area contributed by atoms with Gasteiger partial charge in [-0.05, 0) is 69.4 Å². The van der Waals surface area contributed by atoms with Crippen molar-refractivity contribution < 1.29 is 24.5 Å². The Bertz CT molecular complexity index is 1070. The van der Waals surface area contributed by atoms with E-state index < -0.39 is 23.5 Å². The molecule has 2 atom stereocenters. The van der Waals surface area contributed by atoms with Crippen molar-refractivity contribution in [2.75, 3.05) is 13.2 Å². The number of benzene rings is 1. The quantitative estimate of drug-likeness (QED) is 0.683. The lowest BCUT2D eigenvalue weighted by Gasteiger charge is -2.29. The third-order valence-corrected chi connectivity index (χ3v) is 6.98. The Morgan fingerprint density at radius 2 is 1.90 bits per heavy atom. The van der Waals surface area contributed by atoms with Crippen LogP contribution in [0.5, 0.6) is 5.75 Å². The summed E-state index contributed by atoms with van der Waals surface area (Å²) in [5, 5.41) is 21.8. The molecule has 0 spiro atoms. The third kappa shape index (κ3) is 3.74. The molecular weight excluding hydrogens is 416 g/mol. The van der Waals surface area contributed by atoms with Crippen LogP contribution < -0.4 is 0 Å². The van der Waals surface area contributed by atoms with Gasteiger partial charge in [0.2, 0.25) is 5.78 Å². The van der Waals surface area contributed by atoms with Crippen molar-refractivity contribution in [3.8, 4) is 5.75 Å². The number of ether oxygens (including phenoxy) is 1. The molecule has 1 amide bonds. The van der Waals surface area contributed by atoms with Crippen LogP contribution >= 0.6 is 11.3 Å². The lowest BCUT2D eigenvalue weighted by molar-refractivity contribution is -0.131. The molecule has 164 valence electrons. The lowest BCUT2D eigenvalue weighted by atomic mass is 9.92. The summed E-state index contributed by atoms with van der Waals surface area (Å²) in [4.78, 5) is 32.9. The number of Topliss-reactive ketones (excluding diaryl/α,β-unsaturated/α-hetero) is 1. The van der Waals surface area contributed by atoms with Crippen LogP contribution in [0.25, 0.3) is 0 Å². The summed E-state index contributed by atoms with van der Waals surface area (Å²) in [6.45, 7) is 8.03. The minimum absolute atomic E-state index is 0.0548. The average molecular weight is 443 g/mol. The van der Waals surface area contributed by atoms with E-state index in [-0.39, 0.29) is 24.0 Å². The predicted octanol–water partition coefficient (Wildman–Crippen LogP) is 3.84. The molecule has 0 bridgehead atoms. The fraction of sp³-hybridized carbons (Fsp3) is 0.435. The molecule has 7 nitrogen and oxygen atoms in total. The summed E-state index contributed by atoms with van der Waals surface area (Å²) in [6, 6.07) is 2.77. The van der Waals surface area contributed by atoms with Gasteiger partial charge >= 0.3 is 0 Å². The molecule has 2 aliphatic heterocycles. The fourth-order valence-corrected chi connectivity index (χ4v) is 5.31. The Hall–Kier alpha value is -2.71. The third-order valence-electron chi connectivity index (χ3n) is 5.91. The van der Waals surface area contributed by atoms with Crippen LogP contribution in [0.3, 0.4) is 0 Å². The number of thiazole rings is 1. The molecule has 2 N–H and O–H groups in total. The van der Waals surface area contributed by atoms with Crippen molar-refractivity contribution in [2.24, 2.45) is 0 Å². The topological polar surface area (TPSA) is 100.0 Å². The van der Waals surface area contributed by atoms with Crippen LogP contribution in [0.2, 0.25) is 0 Å². The Morgan fingerprint density at radius 1 is 1.23 bits per heavy atom. The normalized spacial score (nSPS) is 21.4. The molecule has 1 aromatic carbocycles. The maximum atomic E-state index is 13.5. The number of carbonyl (C=O) groups excluding carboxylic acids is 2. The van der Waals surface area contributed by atoms with Crippen LogP contribution in [0.4, 0.5) is 0 Å². The molecular formula is C23H26N2O5S. The van der Waals surface area contributed by atoms with Gasteiger partial charge in [-0.25, -0.2) is 4.98 Å². The molecule has 0 saturated carbocycles. The molecule has 3 heterocycles. The molecule has 0 radical (unpaired) electrons. The number of ketones is 1. The van der Waals surface area contributed by atoms with Crippen LogP contribution in [0.1, 0.15) is 55.9 Å². The second-order valence-corrected chi connectivity index (χ2v) is 9.44. The number of aryl methyl sites for hydroxylation is 4. The zero-order valence-corrected chi connectivity index (χ0v) is 18.9. The van der Waals surface area contributed by atoms with Crippen LogP contribution in [0, 0.1) is 27.7 Å². The molecule has 4 rings (SSSR count). The number of phenols is 1. The van der Waals surface area contributed by atoms with Crippen LogP contribution in [0.15, 0.2) is 23.5 Å². The Balaban J connectivity index is 1.83. The highest BCUT2D eigenvalue weighted by molar-refractivity contribution is 7.14. The average Bonchev–Trinajstić information content (AvgIpc) is 3.40. The second-order valence-electron chi connectivity index (χ2n) is 8.24. The Labute approximate surface area is 185 Å². The van der Waals surface area contributed by atoms with E-state index in [1.165, 1.54) is 16.2 Å². The number of carbonyl (C=O) groups is 2. The molecule has 8 heteroatoms. The number of hydrogen-bond acceptors (Lipinski definition) is 7. The fourth-order valence-electron chi connectivity index (χ4n) is 4.44. The molecule has 0 aliphatic carbocycles. The highest BCUT2D eigenvalue weighted by Crippen LogP contribution is 2.42. The van der Waals surface area contributed by atoms with E-state index in [0.29, 0.717) is 33.9 Å². The maximum absolute atomic E-state index is 13.5. The zero-order valence-electron chi connectivity index (χ0n) is 18.1. The number of hydrogen-bond donors (Lipinski definition) is 2. The zero-order chi connectivity index (χ0) is 22.4. The van der Waals surface area contributed by atoms with Crippen molar-refractivity contribution in [1.29, 1.82) is 0 Å². The number of rotatable bonds is 5. The number of phenolic OH excluding ortho intramolecular Hbond substituents is 1. The monoisotopic (exact) mass is 442 g/mol. The molecule has 1 saturated heterocycles. The summed E-state index contributed by atoms with van der Waals surface area (Å²) >= 11 is 1.25. The summed E-state index contributed by atoms with van der Waals surface area (Å²) in [5.74, 6) is -1.32. The van der Waals surface area contributed by atoms with Crippen molar-refractivity contribution >= 4 is 23.0 Å². The lowest BCUT2D eigenvalue weighted by Crippen LogP contribution is -2.37. The molecule has 2 aliphatic rings. The number of aromatic nitrogens is 1. The summed E-state index contributed by atoms with van der Waals surface area (Å²) in [5.41, 5.74) is 2.59. The van der Waals surface area contributed by atoms with Gasteiger partial charge in [0, 0.05) is 13.2 Å². The Morgan fingerprint density at radius 3 is 2.45 bits per heavy atom. The second kappa shape index (κ2) is 8.09. The number of amides is 1. The van der Waals surface area contributed by atoms with Gasteiger partial charge in [0.25, 0.3) is 5.91 Å². The van der Waals surface area contributed by atoms with E-state index in [4.69, 9.17) is 4.74 Å². The standard InChI is InChI=1S/C23H26N2O5S/c1-11-8-15(9-12(2)19(11)26)18-17(20(27)22-13(3)24-14(4)31-22)21(28)23(29)25(18)10-16-6-5-7-30-16/h8-9,16,18,26,28H,5-7,10H2,1-4H3. The largest absolute Gasteiger partial charge is 0.507 e. The highest BCUT2D eigenvalue weighted by atomic mass is 32.1. The summed E-state index contributed by atoms with van der Waals surface area (Å²) in [7, 11) is 0. The molecule has 1 fully saturated rings. The first-order valence-corrected chi connectivity index (χ1v) is 11.1. The van der Waals surface area contributed by atoms with Gasteiger partial charge in [-0.1, -0.05) is 0 Å². The summed E-state index contributed by atoms with van der Waals surface area (Å²) < 4.78 is 5.73. The smallest absolute Gasteiger partial charge is 0.290 e. The number of aliphatic hydroxyl groups is 1. The van der Waals surface area contributed by atoms with Gasteiger partial charge in [0.1, 0.15) is 5.75 Å². The van der Waals surface area contributed by atoms with Gasteiger partial charge in [0.05, 0.1) is 33.3 Å². The van der Waals surface area contributed by atoms with Gasteiger partial charge < -0.3 is 19.8 Å². The Kier molecular flexibility index (Phi) is 5.61. The van der Waals surface area contributed by atoms with E-state index in [9.17, 15) is 19.8 Å². The number of aromatic hydroxyl groups is 1. The SMILES string of the molecule is Cc1nc(C)c(C(=O)C2=C(O)C(=O)N(CC3CCCO3)C2c2cc(C)c(O)c(C)c2)s1.